The van der Waals surface area contributed by atoms with Crippen LogP contribution in [0.5, 0.6) is 0 Å². The van der Waals surface area contributed by atoms with Gasteiger partial charge in [-0.2, -0.15) is 0 Å². The van der Waals surface area contributed by atoms with Gasteiger partial charge in [0.05, 0.1) is 9.82 Å². The van der Waals surface area contributed by atoms with Crippen LogP contribution in [0.25, 0.3) is 0 Å². The van der Waals surface area contributed by atoms with Crippen LogP contribution in [0.3, 0.4) is 0 Å². The third kappa shape index (κ3) is 4.06. The molecule has 0 aromatic heterocycles. The molecule has 110 valence electrons. The quantitative estimate of drug-likeness (QED) is 0.515. The van der Waals surface area contributed by atoms with Gasteiger partial charge in [-0.25, -0.2) is 0 Å². The molecule has 2 aromatic carbocycles. The molecule has 0 heterocycles. The van der Waals surface area contributed by atoms with Gasteiger partial charge < -0.3 is 5.73 Å². The summed E-state index contributed by atoms with van der Waals surface area (Å²) in [5, 5.41) is 11.0. The molecule has 4 nitrogen and oxygen atoms in total. The highest BCUT2D eigenvalue weighted by Crippen LogP contribution is 2.31. The Morgan fingerprint density at radius 1 is 1.19 bits per heavy atom. The lowest BCUT2D eigenvalue weighted by Crippen LogP contribution is -2.13. The van der Waals surface area contributed by atoms with Crippen molar-refractivity contribution in [3.05, 3.63) is 69.3 Å². The Morgan fingerprint density at radius 2 is 1.81 bits per heavy atom. The number of hydrogen-bond acceptors (Lipinski definition) is 4. The largest absolute Gasteiger partial charge is 0.323 e. The summed E-state index contributed by atoms with van der Waals surface area (Å²) >= 11 is 1.42. The summed E-state index contributed by atoms with van der Waals surface area (Å²) in [6.45, 7) is 4.08. The monoisotopic (exact) mass is 302 g/mol. The molecule has 0 saturated carbocycles. The Kier molecular flexibility index (Phi) is 4.98. The van der Waals surface area contributed by atoms with Crippen molar-refractivity contribution < 1.29 is 4.92 Å². The van der Waals surface area contributed by atoms with Gasteiger partial charge in [-0.1, -0.05) is 41.5 Å². The summed E-state index contributed by atoms with van der Waals surface area (Å²) in [6.07, 6.45) is 0. The topological polar surface area (TPSA) is 69.2 Å². The van der Waals surface area contributed by atoms with Gasteiger partial charge in [0.15, 0.2) is 0 Å². The minimum atomic E-state index is -0.356. The zero-order valence-electron chi connectivity index (χ0n) is 12.1. The van der Waals surface area contributed by atoms with E-state index >= 15 is 0 Å². The van der Waals surface area contributed by atoms with Crippen LogP contribution >= 0.6 is 11.8 Å². The molecule has 2 N–H and O–H groups in total. The molecule has 2 rings (SSSR count). The van der Waals surface area contributed by atoms with Crippen LogP contribution < -0.4 is 5.73 Å². The maximum atomic E-state index is 11.0. The van der Waals surface area contributed by atoms with Crippen molar-refractivity contribution in [3.8, 4) is 0 Å². The first kappa shape index (κ1) is 15.5. The van der Waals surface area contributed by atoms with Gasteiger partial charge in [-0.05, 0) is 25.5 Å². The first-order valence-corrected chi connectivity index (χ1v) is 7.66. The Hall–Kier alpha value is -1.85. The van der Waals surface area contributed by atoms with E-state index < -0.39 is 0 Å². The second-order valence-corrected chi connectivity index (χ2v) is 6.13. The summed E-state index contributed by atoms with van der Waals surface area (Å²) in [6, 6.07) is 12.8. The molecule has 0 bridgehead atoms. The van der Waals surface area contributed by atoms with E-state index in [0.717, 1.165) is 5.56 Å². The van der Waals surface area contributed by atoms with Crippen molar-refractivity contribution in [1.29, 1.82) is 0 Å². The third-order valence-corrected chi connectivity index (χ3v) is 4.33. The molecule has 21 heavy (non-hydrogen) atoms. The highest BCUT2D eigenvalue weighted by molar-refractivity contribution is 7.99. The number of nitro benzene ring substituents is 1. The van der Waals surface area contributed by atoms with Crippen LogP contribution in [0.2, 0.25) is 0 Å². The molecule has 0 saturated heterocycles. The van der Waals surface area contributed by atoms with Crippen LogP contribution in [0.4, 0.5) is 5.69 Å². The second kappa shape index (κ2) is 6.74. The summed E-state index contributed by atoms with van der Waals surface area (Å²) in [7, 11) is 0. The molecule has 0 fully saturated rings. The minimum Gasteiger partial charge on any atom is -0.323 e. The van der Waals surface area contributed by atoms with E-state index in [4.69, 9.17) is 5.73 Å². The number of benzene rings is 2. The number of rotatable bonds is 5. The zero-order valence-corrected chi connectivity index (χ0v) is 12.9. The molecule has 0 aliphatic heterocycles. The first-order chi connectivity index (χ1) is 9.97. The number of nitro groups is 1. The zero-order chi connectivity index (χ0) is 15.4. The van der Waals surface area contributed by atoms with Crippen LogP contribution in [-0.4, -0.2) is 10.7 Å². The fraction of sp³-hybridized carbons (Fsp3) is 0.250. The van der Waals surface area contributed by atoms with E-state index in [-0.39, 0.29) is 16.7 Å². The fourth-order valence-electron chi connectivity index (χ4n) is 2.23. The molecule has 0 amide bonds. The molecular formula is C16H18N2O2S. The molecule has 0 aliphatic rings. The van der Waals surface area contributed by atoms with Gasteiger partial charge in [-0.15, -0.1) is 11.8 Å². The molecule has 0 spiro atoms. The highest BCUT2D eigenvalue weighted by atomic mass is 32.2. The molecule has 1 atom stereocenters. The maximum absolute atomic E-state index is 11.0. The molecular weight excluding hydrogens is 284 g/mol. The summed E-state index contributed by atoms with van der Waals surface area (Å²) < 4.78 is 0. The standard InChI is InChI=1S/C16H18N2O2S/c1-11-7-12(2)9-13(8-11)14(17)10-21-16-6-4-3-5-15(16)18(19)20/h3-9,14H,10,17H2,1-2H3. The Balaban J connectivity index is 2.11. The van der Waals surface area contributed by atoms with E-state index in [9.17, 15) is 10.1 Å². The number of hydrogen-bond donors (Lipinski definition) is 1. The molecule has 1 unspecified atom stereocenters. The lowest BCUT2D eigenvalue weighted by Gasteiger charge is -2.13. The van der Waals surface area contributed by atoms with Gasteiger partial charge >= 0.3 is 0 Å². The van der Waals surface area contributed by atoms with Gasteiger partial charge in [-0.3, -0.25) is 10.1 Å². The van der Waals surface area contributed by atoms with Crippen LogP contribution in [0.1, 0.15) is 22.7 Å². The Labute approximate surface area is 128 Å². The van der Waals surface area contributed by atoms with E-state index in [2.05, 4.69) is 18.2 Å². The molecule has 2 aromatic rings. The predicted octanol–water partition coefficient (Wildman–Crippen LogP) is 4.00. The van der Waals surface area contributed by atoms with Gasteiger partial charge in [0.25, 0.3) is 5.69 Å². The number of para-hydroxylation sites is 1. The van der Waals surface area contributed by atoms with Crippen molar-refractivity contribution in [1.82, 2.24) is 0 Å². The molecule has 0 aliphatic carbocycles. The number of thioether (sulfide) groups is 1. The van der Waals surface area contributed by atoms with Crippen LogP contribution in [0.15, 0.2) is 47.4 Å². The third-order valence-electron chi connectivity index (χ3n) is 3.15. The van der Waals surface area contributed by atoms with Gasteiger partial charge in [0.2, 0.25) is 0 Å². The summed E-state index contributed by atoms with van der Waals surface area (Å²) in [5.41, 5.74) is 9.77. The van der Waals surface area contributed by atoms with E-state index in [1.54, 1.807) is 18.2 Å². The van der Waals surface area contributed by atoms with Crippen molar-refractivity contribution in [3.63, 3.8) is 0 Å². The van der Waals surface area contributed by atoms with E-state index in [1.807, 2.05) is 13.8 Å². The van der Waals surface area contributed by atoms with E-state index in [0.29, 0.717) is 10.6 Å². The number of aryl methyl sites for hydroxylation is 2. The van der Waals surface area contributed by atoms with Crippen LogP contribution in [-0.2, 0) is 0 Å². The van der Waals surface area contributed by atoms with Crippen molar-refractivity contribution in [2.45, 2.75) is 24.8 Å². The maximum Gasteiger partial charge on any atom is 0.282 e. The fourth-order valence-corrected chi connectivity index (χ4v) is 3.25. The number of nitrogens with two attached hydrogens (primary N) is 1. The molecule has 5 heteroatoms. The van der Waals surface area contributed by atoms with Gasteiger partial charge in [0, 0.05) is 17.9 Å². The van der Waals surface area contributed by atoms with Crippen LogP contribution in [0, 0.1) is 24.0 Å². The smallest absolute Gasteiger partial charge is 0.282 e. The average molecular weight is 302 g/mol. The van der Waals surface area contributed by atoms with Crippen molar-refractivity contribution >= 4 is 17.4 Å². The average Bonchev–Trinajstić information content (AvgIpc) is 2.43. The lowest BCUT2D eigenvalue weighted by molar-refractivity contribution is -0.387. The summed E-state index contributed by atoms with van der Waals surface area (Å²) in [5.74, 6) is 0.605. The van der Waals surface area contributed by atoms with Gasteiger partial charge in [0.1, 0.15) is 0 Å². The highest BCUT2D eigenvalue weighted by Gasteiger charge is 2.15. The summed E-state index contributed by atoms with van der Waals surface area (Å²) in [4.78, 5) is 11.3. The minimum absolute atomic E-state index is 0.134. The number of nitrogens with zero attached hydrogens (tertiary/aromatic N) is 1. The van der Waals surface area contributed by atoms with Crippen molar-refractivity contribution in [2.75, 3.05) is 5.75 Å². The second-order valence-electron chi connectivity index (χ2n) is 5.06. The Morgan fingerprint density at radius 3 is 2.43 bits per heavy atom. The molecule has 0 radical (unpaired) electrons. The normalized spacial score (nSPS) is 12.1. The Bertz CT molecular complexity index is 638. The SMILES string of the molecule is Cc1cc(C)cc(C(N)CSc2ccccc2[N+](=O)[O-])c1. The predicted molar refractivity (Wildman–Crippen MR) is 86.7 cm³/mol. The van der Waals surface area contributed by atoms with E-state index in [1.165, 1.54) is 29.0 Å². The first-order valence-electron chi connectivity index (χ1n) is 6.67. The van der Waals surface area contributed by atoms with Crippen molar-refractivity contribution in [2.24, 2.45) is 5.73 Å². The lowest BCUT2D eigenvalue weighted by atomic mass is 10.0.